The summed E-state index contributed by atoms with van der Waals surface area (Å²) >= 11 is 0. The number of hydrogen-bond donors (Lipinski definition) is 0. The van der Waals surface area contributed by atoms with E-state index in [1.165, 1.54) is 11.1 Å². The molecule has 0 spiro atoms. The predicted octanol–water partition coefficient (Wildman–Crippen LogP) is 5.56. The Morgan fingerprint density at radius 2 is 1.56 bits per heavy atom. The smallest absolute Gasteiger partial charge is 0.0832 e. The molecule has 0 fully saturated rings. The molecule has 100 valence electrons. The maximum absolute atomic E-state index is 12.3. The summed E-state index contributed by atoms with van der Waals surface area (Å²) < 4.78 is 12.3. The van der Waals surface area contributed by atoms with Gasteiger partial charge in [-0.2, -0.15) is 0 Å². The Kier molecular flexibility index (Phi) is 4.72. The number of halogens is 1. The van der Waals surface area contributed by atoms with Gasteiger partial charge in [-0.3, -0.25) is 0 Å². The molecular weight excluding hydrogens is 223 g/mol. The summed E-state index contributed by atoms with van der Waals surface area (Å²) in [5, 5.41) is 0. The van der Waals surface area contributed by atoms with Gasteiger partial charge < -0.3 is 0 Å². The maximum Gasteiger partial charge on any atom is 0.0832 e. The Hall–Kier alpha value is -1.11. The van der Waals surface area contributed by atoms with E-state index in [1.807, 2.05) is 0 Å². The highest BCUT2D eigenvalue weighted by Gasteiger charge is 2.24. The molecule has 1 rings (SSSR count). The molecule has 0 atom stereocenters. The average Bonchev–Trinajstić information content (AvgIpc) is 2.27. The summed E-state index contributed by atoms with van der Waals surface area (Å²) in [6, 6.07) is 8.72. The topological polar surface area (TPSA) is 0 Å². The van der Waals surface area contributed by atoms with Crippen LogP contribution in [0, 0.1) is 12.3 Å². The largest absolute Gasteiger partial charge is 0.216 e. The summed E-state index contributed by atoms with van der Waals surface area (Å²) in [7, 11) is 0. The Labute approximate surface area is 111 Å². The van der Waals surface area contributed by atoms with Crippen molar-refractivity contribution in [2.75, 3.05) is 0 Å². The molecular formula is C17H25F. The van der Waals surface area contributed by atoms with Crippen LogP contribution < -0.4 is 0 Å². The lowest BCUT2D eigenvalue weighted by Crippen LogP contribution is -2.20. The van der Waals surface area contributed by atoms with E-state index < -0.39 is 0 Å². The zero-order valence-corrected chi connectivity index (χ0v) is 12.3. The molecule has 18 heavy (non-hydrogen) atoms. The fourth-order valence-corrected chi connectivity index (χ4v) is 2.04. The molecule has 0 aliphatic heterocycles. The van der Waals surface area contributed by atoms with Crippen molar-refractivity contribution in [2.45, 2.75) is 52.9 Å². The molecule has 0 amide bonds. The van der Waals surface area contributed by atoms with Gasteiger partial charge in [-0.05, 0) is 36.2 Å². The van der Waals surface area contributed by atoms with E-state index in [2.05, 4.69) is 58.9 Å². The third-order valence-electron chi connectivity index (χ3n) is 3.74. The van der Waals surface area contributed by atoms with Crippen molar-refractivity contribution in [2.24, 2.45) is 5.41 Å². The maximum atomic E-state index is 12.3. The Morgan fingerprint density at radius 1 is 1.00 bits per heavy atom. The summed E-state index contributed by atoms with van der Waals surface area (Å²) in [6.45, 7) is 10.8. The van der Waals surface area contributed by atoms with E-state index in [0.29, 0.717) is 6.33 Å². The van der Waals surface area contributed by atoms with Crippen LogP contribution in [-0.2, 0) is 5.41 Å². The van der Waals surface area contributed by atoms with E-state index in [0.717, 1.165) is 12.8 Å². The van der Waals surface area contributed by atoms with Crippen LogP contribution in [0.1, 0.15) is 51.7 Å². The number of benzene rings is 1. The van der Waals surface area contributed by atoms with Gasteiger partial charge in [0.25, 0.3) is 0 Å². The number of aryl methyl sites for hydroxylation is 1. The predicted molar refractivity (Wildman–Crippen MR) is 77.5 cm³/mol. The van der Waals surface area contributed by atoms with Gasteiger partial charge >= 0.3 is 0 Å². The molecule has 0 aliphatic carbocycles. The summed E-state index contributed by atoms with van der Waals surface area (Å²) in [5.74, 6) is 0. The lowest BCUT2D eigenvalue weighted by Gasteiger charge is -2.30. The van der Waals surface area contributed by atoms with E-state index in [1.54, 1.807) is 6.08 Å². The summed E-state index contributed by atoms with van der Waals surface area (Å²) in [5.41, 5.74) is 2.70. The number of rotatable bonds is 5. The van der Waals surface area contributed by atoms with Gasteiger partial charge in [0.15, 0.2) is 0 Å². The molecule has 0 aliphatic rings. The highest BCUT2D eigenvalue weighted by Crippen LogP contribution is 2.34. The first-order chi connectivity index (χ1) is 8.27. The van der Waals surface area contributed by atoms with Crippen LogP contribution in [0.2, 0.25) is 0 Å². The molecule has 0 N–H and O–H groups in total. The molecule has 0 nitrogen and oxygen atoms in total. The van der Waals surface area contributed by atoms with Gasteiger partial charge in [0, 0.05) is 0 Å². The molecule has 1 aromatic rings. The average molecular weight is 248 g/mol. The van der Waals surface area contributed by atoms with Gasteiger partial charge in [-0.25, -0.2) is 4.39 Å². The van der Waals surface area contributed by atoms with Crippen molar-refractivity contribution in [3.63, 3.8) is 0 Å². The van der Waals surface area contributed by atoms with E-state index >= 15 is 0 Å². The molecule has 0 heterocycles. The second kappa shape index (κ2) is 5.69. The Bertz CT molecular complexity index is 396. The fraction of sp³-hybridized carbons (Fsp3) is 0.529. The van der Waals surface area contributed by atoms with Gasteiger partial charge in [-0.15, -0.1) is 0 Å². The molecule has 0 aromatic heterocycles. The molecule has 0 saturated carbocycles. The van der Waals surface area contributed by atoms with Crippen molar-refractivity contribution in [1.29, 1.82) is 0 Å². The third-order valence-corrected chi connectivity index (χ3v) is 3.74. The number of allylic oxidation sites excluding steroid dienone is 1. The quantitative estimate of drug-likeness (QED) is 0.639. The van der Waals surface area contributed by atoms with Gasteiger partial charge in [0.05, 0.1) is 6.33 Å². The molecule has 0 bridgehead atoms. The van der Waals surface area contributed by atoms with Crippen LogP contribution in [0.3, 0.4) is 0 Å². The second-order valence-corrected chi connectivity index (χ2v) is 6.53. The first-order valence-electron chi connectivity index (χ1n) is 6.62. The SMILES string of the molecule is Cc1ccc(C(C)(C)CCC(C)(C)/C=C/F)cc1. The first kappa shape index (κ1) is 14.9. The fourth-order valence-electron chi connectivity index (χ4n) is 2.04. The van der Waals surface area contributed by atoms with Crippen molar-refractivity contribution in [1.82, 2.24) is 0 Å². The lowest BCUT2D eigenvalue weighted by atomic mass is 9.75. The van der Waals surface area contributed by atoms with Crippen molar-refractivity contribution in [3.05, 3.63) is 47.8 Å². The van der Waals surface area contributed by atoms with Crippen LogP contribution >= 0.6 is 0 Å². The van der Waals surface area contributed by atoms with E-state index in [4.69, 9.17) is 0 Å². The van der Waals surface area contributed by atoms with Crippen molar-refractivity contribution in [3.8, 4) is 0 Å². The van der Waals surface area contributed by atoms with E-state index in [9.17, 15) is 4.39 Å². The zero-order valence-electron chi connectivity index (χ0n) is 12.3. The minimum absolute atomic E-state index is 0.0727. The first-order valence-corrected chi connectivity index (χ1v) is 6.62. The van der Waals surface area contributed by atoms with Crippen LogP contribution in [0.25, 0.3) is 0 Å². The third kappa shape index (κ3) is 4.29. The molecule has 0 saturated heterocycles. The Balaban J connectivity index is 2.73. The summed E-state index contributed by atoms with van der Waals surface area (Å²) in [6.07, 6.45) is 4.35. The van der Waals surface area contributed by atoms with Crippen LogP contribution in [0.4, 0.5) is 4.39 Å². The highest BCUT2D eigenvalue weighted by molar-refractivity contribution is 5.27. The number of hydrogen-bond acceptors (Lipinski definition) is 0. The van der Waals surface area contributed by atoms with Gasteiger partial charge in [0.2, 0.25) is 0 Å². The minimum atomic E-state index is -0.0727. The molecule has 1 heteroatoms. The molecule has 1 aromatic carbocycles. The monoisotopic (exact) mass is 248 g/mol. The summed E-state index contributed by atoms with van der Waals surface area (Å²) in [4.78, 5) is 0. The van der Waals surface area contributed by atoms with Gasteiger partial charge in [0.1, 0.15) is 0 Å². The minimum Gasteiger partial charge on any atom is -0.216 e. The second-order valence-electron chi connectivity index (χ2n) is 6.53. The van der Waals surface area contributed by atoms with Crippen LogP contribution in [-0.4, -0.2) is 0 Å². The van der Waals surface area contributed by atoms with E-state index in [-0.39, 0.29) is 10.8 Å². The lowest BCUT2D eigenvalue weighted by molar-refractivity contribution is 0.348. The van der Waals surface area contributed by atoms with Gasteiger partial charge in [-0.1, -0.05) is 63.6 Å². The molecule has 0 radical (unpaired) electrons. The highest BCUT2D eigenvalue weighted by atomic mass is 19.1. The normalized spacial score (nSPS) is 13.2. The zero-order chi connectivity index (χ0) is 13.8. The molecule has 0 unspecified atom stereocenters. The van der Waals surface area contributed by atoms with Crippen molar-refractivity contribution < 1.29 is 4.39 Å². The standard InChI is InChI=1S/C17H25F/c1-14-6-8-15(9-7-14)17(4,5)11-10-16(2,3)12-13-18/h6-9,12-13H,10-11H2,1-5H3/b13-12+. The van der Waals surface area contributed by atoms with Crippen LogP contribution in [0.5, 0.6) is 0 Å². The van der Waals surface area contributed by atoms with Crippen LogP contribution in [0.15, 0.2) is 36.7 Å². The van der Waals surface area contributed by atoms with Crippen molar-refractivity contribution >= 4 is 0 Å². The Morgan fingerprint density at radius 3 is 2.06 bits per heavy atom.